The first kappa shape index (κ1) is 21.8. The summed E-state index contributed by atoms with van der Waals surface area (Å²) in [6, 6.07) is 0.601. The van der Waals surface area contributed by atoms with E-state index in [1.165, 1.54) is 45.1 Å². The maximum absolute atomic E-state index is 12.2. The van der Waals surface area contributed by atoms with Gasteiger partial charge in [-0.3, -0.25) is 4.79 Å². The Hall–Kier alpha value is -0.670. The zero-order chi connectivity index (χ0) is 22.4. The lowest BCUT2D eigenvalue weighted by Crippen LogP contribution is -2.49. The minimum Gasteiger partial charge on any atom is -0.369 e. The molecular formula is C29H45NO2. The molecule has 7 unspecified atom stereocenters. The van der Waals surface area contributed by atoms with Crippen molar-refractivity contribution in [2.24, 2.45) is 40.9 Å². The standard InChI is InChI=1S/C29H45NO2/c1-17-12-26-27(30(5)16-17)19(3)29(32-26)11-9-22-23-7-6-20-13-21(31)8-10-28(20,4)25(23)14-24(22)18(2)15-29/h17,19-20,22-23,25-27H,6-16H2,1-5H3/t17-,19?,20?,22?,23-,25-,26?,27?,28?,29?/m0/s1. The Bertz CT molecular complexity index is 833. The van der Waals surface area contributed by atoms with Gasteiger partial charge >= 0.3 is 0 Å². The van der Waals surface area contributed by atoms with Crippen LogP contribution in [-0.4, -0.2) is 42.0 Å². The molecule has 6 rings (SSSR count). The number of likely N-dealkylation sites (N-methyl/N-ethyl adjacent to an activating group) is 1. The van der Waals surface area contributed by atoms with E-state index in [0.29, 0.717) is 35.2 Å². The highest BCUT2D eigenvalue weighted by molar-refractivity contribution is 5.79. The molecule has 0 aromatic carbocycles. The monoisotopic (exact) mass is 439 g/mol. The molecule has 4 aliphatic carbocycles. The Morgan fingerprint density at radius 1 is 1.09 bits per heavy atom. The number of fused-ring (bicyclic) bond motifs is 6. The van der Waals surface area contributed by atoms with E-state index in [4.69, 9.17) is 4.74 Å². The lowest BCUT2D eigenvalue weighted by Gasteiger charge is -2.52. The number of Topliss-reactive ketones (excluding diaryl/α,β-unsaturated/α-hetero) is 1. The fourth-order valence-electron chi connectivity index (χ4n) is 10.2. The second-order valence-electron chi connectivity index (χ2n) is 13.4. The van der Waals surface area contributed by atoms with Gasteiger partial charge in [-0.1, -0.05) is 31.9 Å². The number of nitrogens with zero attached hydrogens (tertiary/aromatic N) is 1. The Balaban J connectivity index is 1.28. The maximum atomic E-state index is 12.2. The average Bonchev–Trinajstić information content (AvgIpc) is 3.19. The summed E-state index contributed by atoms with van der Waals surface area (Å²) in [5.74, 6) is 4.99. The number of ether oxygens (including phenoxy) is 1. The summed E-state index contributed by atoms with van der Waals surface area (Å²) in [5, 5.41) is 0. The van der Waals surface area contributed by atoms with E-state index >= 15 is 0 Å². The van der Waals surface area contributed by atoms with Crippen molar-refractivity contribution in [2.45, 2.75) is 110 Å². The molecule has 5 fully saturated rings. The highest BCUT2D eigenvalue weighted by atomic mass is 16.5. The number of likely N-dealkylation sites (tertiary alicyclic amines) is 1. The molecule has 3 saturated carbocycles. The van der Waals surface area contributed by atoms with Gasteiger partial charge in [-0.25, -0.2) is 0 Å². The second kappa shape index (κ2) is 7.41. The molecule has 0 N–H and O–H groups in total. The van der Waals surface area contributed by atoms with Crippen molar-refractivity contribution in [3.63, 3.8) is 0 Å². The molecule has 3 heteroatoms. The summed E-state index contributed by atoms with van der Waals surface area (Å²) >= 11 is 0. The molecule has 2 aliphatic heterocycles. The van der Waals surface area contributed by atoms with Crippen molar-refractivity contribution in [2.75, 3.05) is 13.6 Å². The number of hydrogen-bond donors (Lipinski definition) is 0. The van der Waals surface area contributed by atoms with Crippen molar-refractivity contribution in [1.82, 2.24) is 4.90 Å². The highest BCUT2D eigenvalue weighted by Gasteiger charge is 2.59. The molecular weight excluding hydrogens is 394 g/mol. The zero-order valence-corrected chi connectivity index (χ0v) is 21.2. The van der Waals surface area contributed by atoms with E-state index in [9.17, 15) is 4.79 Å². The molecule has 10 atom stereocenters. The van der Waals surface area contributed by atoms with Gasteiger partial charge in [0, 0.05) is 31.3 Å². The van der Waals surface area contributed by atoms with Gasteiger partial charge in [0.2, 0.25) is 0 Å². The van der Waals surface area contributed by atoms with Crippen LogP contribution < -0.4 is 0 Å². The van der Waals surface area contributed by atoms with E-state index < -0.39 is 0 Å². The summed E-state index contributed by atoms with van der Waals surface area (Å²) in [6.45, 7) is 11.1. The Kier molecular flexibility index (Phi) is 5.06. The second-order valence-corrected chi connectivity index (χ2v) is 13.4. The van der Waals surface area contributed by atoms with E-state index in [2.05, 4.69) is 39.6 Å². The highest BCUT2D eigenvalue weighted by Crippen LogP contribution is 2.65. The minimum absolute atomic E-state index is 0.0585. The molecule has 3 nitrogen and oxygen atoms in total. The predicted octanol–water partition coefficient (Wildman–Crippen LogP) is 6.02. The summed E-state index contributed by atoms with van der Waals surface area (Å²) in [6.07, 6.45) is 12.2. The molecule has 2 heterocycles. The van der Waals surface area contributed by atoms with Gasteiger partial charge in [0.1, 0.15) is 5.78 Å². The SMILES string of the molecule is CC1=C2C[C@H]3[C@@H](CCC4CC(=O)CCC43C)C2CCC2(C1)OC1C[C@H](C)CN(C)C1C2C. The molecule has 0 bridgehead atoms. The van der Waals surface area contributed by atoms with Gasteiger partial charge in [0.05, 0.1) is 11.7 Å². The lowest BCUT2D eigenvalue weighted by molar-refractivity contribution is -0.129. The fourth-order valence-corrected chi connectivity index (χ4v) is 10.2. The van der Waals surface area contributed by atoms with Crippen molar-refractivity contribution >= 4 is 5.78 Å². The van der Waals surface area contributed by atoms with Crippen LogP contribution in [0.25, 0.3) is 0 Å². The molecule has 0 aromatic rings. The molecule has 6 aliphatic rings. The van der Waals surface area contributed by atoms with Crippen LogP contribution in [0.15, 0.2) is 11.1 Å². The topological polar surface area (TPSA) is 29.5 Å². The van der Waals surface area contributed by atoms with Gasteiger partial charge in [-0.15, -0.1) is 0 Å². The van der Waals surface area contributed by atoms with E-state index in [-0.39, 0.29) is 5.60 Å². The van der Waals surface area contributed by atoms with Crippen LogP contribution in [0.4, 0.5) is 0 Å². The third-order valence-electron chi connectivity index (χ3n) is 11.8. The van der Waals surface area contributed by atoms with Crippen LogP contribution in [0.2, 0.25) is 0 Å². The lowest BCUT2D eigenvalue weighted by atomic mass is 9.52. The number of rotatable bonds is 0. The number of carbonyl (C=O) groups excluding carboxylic acids is 1. The quantitative estimate of drug-likeness (QED) is 0.432. The van der Waals surface area contributed by atoms with Crippen LogP contribution in [0.3, 0.4) is 0 Å². The zero-order valence-electron chi connectivity index (χ0n) is 21.2. The van der Waals surface area contributed by atoms with Crippen LogP contribution in [-0.2, 0) is 9.53 Å². The first-order valence-corrected chi connectivity index (χ1v) is 13.8. The average molecular weight is 440 g/mol. The van der Waals surface area contributed by atoms with E-state index in [0.717, 1.165) is 49.4 Å². The summed E-state index contributed by atoms with van der Waals surface area (Å²) in [5.41, 5.74) is 3.96. The Morgan fingerprint density at radius 3 is 2.72 bits per heavy atom. The fraction of sp³-hybridized carbons (Fsp3) is 0.897. The van der Waals surface area contributed by atoms with Gasteiger partial charge in [0.15, 0.2) is 0 Å². The molecule has 32 heavy (non-hydrogen) atoms. The van der Waals surface area contributed by atoms with Crippen LogP contribution in [0, 0.1) is 40.9 Å². The van der Waals surface area contributed by atoms with Gasteiger partial charge in [-0.05, 0) is 100 Å². The smallest absolute Gasteiger partial charge is 0.133 e. The molecule has 0 amide bonds. The summed E-state index contributed by atoms with van der Waals surface area (Å²) < 4.78 is 7.10. The van der Waals surface area contributed by atoms with Crippen molar-refractivity contribution in [3.05, 3.63) is 11.1 Å². The molecule has 1 spiro atoms. The number of carbonyl (C=O) groups is 1. The Morgan fingerprint density at radius 2 is 1.91 bits per heavy atom. The predicted molar refractivity (Wildman–Crippen MR) is 128 cm³/mol. The molecule has 0 radical (unpaired) electrons. The third kappa shape index (κ3) is 3.02. The summed E-state index contributed by atoms with van der Waals surface area (Å²) in [4.78, 5) is 14.8. The molecule has 0 aromatic heterocycles. The van der Waals surface area contributed by atoms with Crippen LogP contribution >= 0.6 is 0 Å². The first-order chi connectivity index (χ1) is 15.2. The van der Waals surface area contributed by atoms with Crippen molar-refractivity contribution < 1.29 is 9.53 Å². The number of hydrogen-bond acceptors (Lipinski definition) is 3. The van der Waals surface area contributed by atoms with Crippen LogP contribution in [0.1, 0.15) is 91.9 Å². The normalized spacial score (nSPS) is 53.6. The van der Waals surface area contributed by atoms with E-state index in [1.807, 2.05) is 5.57 Å². The maximum Gasteiger partial charge on any atom is 0.133 e. The van der Waals surface area contributed by atoms with Crippen LogP contribution in [0.5, 0.6) is 0 Å². The first-order valence-electron chi connectivity index (χ1n) is 13.8. The van der Waals surface area contributed by atoms with Gasteiger partial charge in [-0.2, -0.15) is 0 Å². The van der Waals surface area contributed by atoms with E-state index in [1.54, 1.807) is 5.57 Å². The number of piperidine rings is 1. The van der Waals surface area contributed by atoms with Gasteiger partial charge < -0.3 is 9.64 Å². The van der Waals surface area contributed by atoms with Gasteiger partial charge in [0.25, 0.3) is 0 Å². The third-order valence-corrected chi connectivity index (χ3v) is 11.8. The minimum atomic E-state index is 0.0585. The number of ketones is 1. The Labute approximate surface area is 195 Å². The summed E-state index contributed by atoms with van der Waals surface area (Å²) in [7, 11) is 2.33. The van der Waals surface area contributed by atoms with Crippen molar-refractivity contribution in [3.8, 4) is 0 Å². The van der Waals surface area contributed by atoms with Crippen molar-refractivity contribution in [1.29, 1.82) is 0 Å². The largest absolute Gasteiger partial charge is 0.369 e. The molecule has 178 valence electrons. The number of allylic oxidation sites excluding steroid dienone is 1. The molecule has 2 saturated heterocycles.